The molecule has 2 heterocycles. The fourth-order valence-electron chi connectivity index (χ4n) is 3.30. The molecule has 132 valence electrons. The molecule has 3 atom stereocenters. The van der Waals surface area contributed by atoms with Gasteiger partial charge in [0.15, 0.2) is 0 Å². The summed E-state index contributed by atoms with van der Waals surface area (Å²) in [5, 5.41) is -2.35. The summed E-state index contributed by atoms with van der Waals surface area (Å²) >= 11 is 32.2. The third-order valence-electron chi connectivity index (χ3n) is 4.45. The van der Waals surface area contributed by atoms with Gasteiger partial charge >= 0.3 is 11.4 Å². The highest BCUT2D eigenvalue weighted by molar-refractivity contribution is 6.54. The van der Waals surface area contributed by atoms with Crippen molar-refractivity contribution in [2.75, 3.05) is 7.11 Å². The van der Waals surface area contributed by atoms with Gasteiger partial charge in [-0.05, 0) is 12.1 Å². The number of aromatic nitrogens is 3. The van der Waals surface area contributed by atoms with Gasteiger partial charge in [0.05, 0.1) is 15.8 Å². The summed E-state index contributed by atoms with van der Waals surface area (Å²) in [6.45, 7) is 0. The monoisotopic (exact) mass is 441 g/mol. The normalized spacial score (nSPS) is 33.2. The zero-order chi connectivity index (χ0) is 18.4. The fourth-order valence-corrected chi connectivity index (χ4v) is 5.50. The zero-order valence-corrected chi connectivity index (χ0v) is 16.1. The van der Waals surface area contributed by atoms with Crippen LogP contribution in [0.25, 0.3) is 5.69 Å². The average molecular weight is 444 g/mol. The largest absolute Gasteiger partial charge is 0.356 e. The van der Waals surface area contributed by atoms with Gasteiger partial charge in [-0.15, -0.1) is 0 Å². The molecule has 0 amide bonds. The number of methoxy groups -OCH3 is 1. The van der Waals surface area contributed by atoms with E-state index in [1.54, 1.807) is 30.3 Å². The van der Waals surface area contributed by atoms with Gasteiger partial charge in [-0.1, -0.05) is 76.2 Å². The van der Waals surface area contributed by atoms with E-state index in [2.05, 4.69) is 0 Å². The predicted molar refractivity (Wildman–Crippen MR) is 96.3 cm³/mol. The Morgan fingerprint density at radius 1 is 0.880 bits per heavy atom. The zero-order valence-electron chi connectivity index (χ0n) is 12.3. The first-order valence-electron chi connectivity index (χ1n) is 6.89. The van der Waals surface area contributed by atoms with Crippen molar-refractivity contribution in [3.05, 3.63) is 61.4 Å². The van der Waals surface area contributed by atoms with E-state index >= 15 is 0 Å². The minimum Gasteiger partial charge on any atom is -0.356 e. The molecule has 0 saturated carbocycles. The summed E-state index contributed by atoms with van der Waals surface area (Å²) in [7, 11) is 1.23. The van der Waals surface area contributed by atoms with Crippen molar-refractivity contribution in [3.8, 4) is 5.69 Å². The summed E-state index contributed by atoms with van der Waals surface area (Å²) in [6.07, 6.45) is 0. The van der Waals surface area contributed by atoms with Gasteiger partial charge in [0, 0.05) is 7.11 Å². The van der Waals surface area contributed by atoms with Crippen molar-refractivity contribution in [2.45, 2.75) is 15.1 Å². The molecule has 0 fully saturated rings. The lowest BCUT2D eigenvalue weighted by molar-refractivity contribution is 0.0154. The van der Waals surface area contributed by atoms with Crippen molar-refractivity contribution in [1.82, 2.24) is 13.9 Å². The van der Waals surface area contributed by atoms with Gasteiger partial charge in [-0.2, -0.15) is 9.36 Å². The van der Waals surface area contributed by atoms with Crippen LogP contribution in [0, 0.1) is 0 Å². The lowest BCUT2D eigenvalue weighted by atomic mass is 10.1. The molecule has 11 heteroatoms. The highest BCUT2D eigenvalue weighted by Gasteiger charge is 2.81. The smallest absolute Gasteiger partial charge is 0.354 e. The van der Waals surface area contributed by atoms with E-state index in [0.29, 0.717) is 5.69 Å². The Kier molecular flexibility index (Phi) is 3.57. The van der Waals surface area contributed by atoms with Crippen molar-refractivity contribution in [2.24, 2.45) is 0 Å². The third-order valence-corrected chi connectivity index (χ3v) is 7.79. The van der Waals surface area contributed by atoms with Crippen LogP contribution in [-0.4, -0.2) is 26.1 Å². The fraction of sp³-hybridized carbons (Fsp3) is 0.286. The van der Waals surface area contributed by atoms with E-state index in [-0.39, 0.29) is 10.1 Å². The number of benzene rings is 1. The summed E-state index contributed by atoms with van der Waals surface area (Å²) in [4.78, 5) is 22.0. The number of ether oxygens (including phenoxy) is 1. The standard InChI is InChI=1S/C14H8Cl5N3O3/c1-25-14(19)12(17)8(15)9(16)13(14,18)22-11(24)20(10(23)21(12)22)7-5-3-2-4-6-7/h2-6H,1H3/t12-,13+,14?. The van der Waals surface area contributed by atoms with Gasteiger partial charge in [0.2, 0.25) is 15.1 Å². The maximum atomic E-state index is 13.0. The number of rotatable bonds is 2. The van der Waals surface area contributed by atoms with Gasteiger partial charge < -0.3 is 4.74 Å². The van der Waals surface area contributed by atoms with E-state index < -0.39 is 26.4 Å². The van der Waals surface area contributed by atoms with Crippen LogP contribution >= 0.6 is 58.0 Å². The number of hydrogen-bond acceptors (Lipinski definition) is 3. The summed E-state index contributed by atoms with van der Waals surface area (Å²) in [5.41, 5.74) is -1.23. The van der Waals surface area contributed by atoms with Crippen LogP contribution in [0.1, 0.15) is 0 Å². The molecule has 0 saturated heterocycles. The van der Waals surface area contributed by atoms with Crippen molar-refractivity contribution < 1.29 is 4.74 Å². The Morgan fingerprint density at radius 3 is 1.72 bits per heavy atom. The minimum absolute atomic E-state index is 0.185. The third kappa shape index (κ3) is 1.60. The second-order valence-corrected chi connectivity index (χ2v) is 7.91. The van der Waals surface area contributed by atoms with Gasteiger partial charge in [-0.3, -0.25) is 0 Å². The molecule has 0 N–H and O–H groups in total. The summed E-state index contributed by atoms with van der Waals surface area (Å²) in [5.74, 6) is 0. The Bertz CT molecular complexity index is 998. The van der Waals surface area contributed by atoms with Crippen molar-refractivity contribution in [3.63, 3.8) is 0 Å². The van der Waals surface area contributed by atoms with Crippen LogP contribution in [0.4, 0.5) is 0 Å². The molecule has 2 aromatic rings. The first kappa shape index (κ1) is 17.5. The molecule has 25 heavy (non-hydrogen) atoms. The van der Waals surface area contributed by atoms with Gasteiger partial charge in [0.1, 0.15) is 0 Å². The maximum absolute atomic E-state index is 13.0. The average Bonchev–Trinajstić information content (AvgIpc) is 3.01. The van der Waals surface area contributed by atoms with Gasteiger partial charge in [-0.25, -0.2) is 14.2 Å². The Hall–Kier alpha value is -0.890. The molecule has 2 bridgehead atoms. The highest BCUT2D eigenvalue weighted by Crippen LogP contribution is 2.70. The molecule has 0 radical (unpaired) electrons. The van der Waals surface area contributed by atoms with Crippen LogP contribution in [0.5, 0.6) is 0 Å². The number of nitrogens with zero attached hydrogens (tertiary/aromatic N) is 3. The van der Waals surface area contributed by atoms with Gasteiger partial charge in [0.25, 0.3) is 0 Å². The Balaban J connectivity index is 2.16. The molecule has 1 aliphatic heterocycles. The summed E-state index contributed by atoms with van der Waals surface area (Å²) < 4.78 is 7.95. The molecular weight excluding hydrogens is 435 g/mol. The van der Waals surface area contributed by atoms with E-state index in [9.17, 15) is 9.59 Å². The van der Waals surface area contributed by atoms with E-state index in [1.807, 2.05) is 0 Å². The number of alkyl halides is 3. The van der Waals surface area contributed by atoms with Crippen molar-refractivity contribution in [1.29, 1.82) is 0 Å². The second-order valence-electron chi connectivity index (χ2n) is 5.53. The van der Waals surface area contributed by atoms with Crippen LogP contribution < -0.4 is 11.4 Å². The van der Waals surface area contributed by atoms with E-state index in [4.69, 9.17) is 62.7 Å². The van der Waals surface area contributed by atoms with Crippen molar-refractivity contribution >= 4 is 58.0 Å². The van der Waals surface area contributed by atoms with Crippen LogP contribution in [0.3, 0.4) is 0 Å². The topological polar surface area (TPSA) is 58.2 Å². The summed E-state index contributed by atoms with van der Waals surface area (Å²) in [6, 6.07) is 8.27. The maximum Gasteiger partial charge on any atom is 0.354 e. The molecule has 1 aromatic heterocycles. The van der Waals surface area contributed by atoms with E-state index in [1.165, 1.54) is 7.11 Å². The number of hydrogen-bond donors (Lipinski definition) is 0. The lowest BCUT2D eigenvalue weighted by Crippen LogP contribution is -2.52. The molecule has 1 aromatic carbocycles. The van der Waals surface area contributed by atoms with Crippen LogP contribution in [0.2, 0.25) is 0 Å². The molecular formula is C14H8Cl5N3O3. The van der Waals surface area contributed by atoms with Crippen LogP contribution in [-0.2, 0) is 14.7 Å². The molecule has 6 nitrogen and oxygen atoms in total. The molecule has 4 rings (SSSR count). The second kappa shape index (κ2) is 5.09. The first-order chi connectivity index (χ1) is 11.7. The first-order valence-corrected chi connectivity index (χ1v) is 8.78. The molecule has 2 aliphatic rings. The van der Waals surface area contributed by atoms with Crippen LogP contribution in [0.15, 0.2) is 50.0 Å². The number of halogens is 5. The minimum atomic E-state index is -1.99. The predicted octanol–water partition coefficient (Wildman–Crippen LogP) is 2.88. The Morgan fingerprint density at radius 2 is 1.32 bits per heavy atom. The Labute approximate surface area is 165 Å². The number of fused-ring (bicyclic) bond motifs is 5. The van der Waals surface area contributed by atoms with E-state index in [0.717, 1.165) is 13.9 Å². The SMILES string of the molecule is COC1(Cl)[C@@]2(Cl)C(Cl)=C(Cl)[C@]1(Cl)n1c(=O)n(-c3ccccc3)c(=O)n12. The molecule has 1 unspecified atom stereocenters. The molecule has 1 aliphatic carbocycles. The quantitative estimate of drug-likeness (QED) is 0.671. The number of para-hydroxylation sites is 1. The highest BCUT2D eigenvalue weighted by atomic mass is 35.5. The lowest BCUT2D eigenvalue weighted by Gasteiger charge is -2.34. The molecule has 0 spiro atoms.